The monoisotopic (exact) mass is 346 g/mol. The average molecular weight is 346 g/mol. The molecule has 1 amide bonds. The van der Waals surface area contributed by atoms with E-state index in [1.54, 1.807) is 18.3 Å². The highest BCUT2D eigenvalue weighted by molar-refractivity contribution is 5.95. The van der Waals surface area contributed by atoms with Gasteiger partial charge in [-0.25, -0.2) is 9.38 Å². The Bertz CT molecular complexity index is 726. The number of nitrogens with one attached hydrogen (secondary N) is 2. The number of nitrogens with two attached hydrogens (primary N) is 2. The van der Waals surface area contributed by atoms with E-state index in [1.807, 2.05) is 7.05 Å². The Labute approximate surface area is 146 Å². The van der Waals surface area contributed by atoms with Gasteiger partial charge in [-0.2, -0.15) is 0 Å². The van der Waals surface area contributed by atoms with Crippen LogP contribution in [-0.4, -0.2) is 42.8 Å². The Hall–Kier alpha value is -2.45. The smallest absolute Gasteiger partial charge is 0.254 e. The van der Waals surface area contributed by atoms with Crippen LogP contribution in [0, 0.1) is 5.82 Å². The first kappa shape index (κ1) is 17.4. The van der Waals surface area contributed by atoms with E-state index in [2.05, 4.69) is 20.5 Å². The number of likely N-dealkylation sites (tertiary alicyclic amines) is 1. The number of amidine groups is 1. The van der Waals surface area contributed by atoms with Crippen molar-refractivity contribution in [2.45, 2.75) is 24.7 Å². The van der Waals surface area contributed by atoms with Gasteiger partial charge in [-0.1, -0.05) is 6.07 Å². The average Bonchev–Trinajstić information content (AvgIpc) is 2.56. The lowest BCUT2D eigenvalue weighted by Gasteiger charge is -2.30. The molecule has 1 aromatic rings. The Balaban J connectivity index is 1.74. The molecule has 0 spiro atoms. The maximum Gasteiger partial charge on any atom is 0.254 e. The number of aliphatic imine (C=N–C) groups is 1. The van der Waals surface area contributed by atoms with Gasteiger partial charge in [0.15, 0.2) is 0 Å². The molecule has 0 bridgehead atoms. The first-order valence-corrected chi connectivity index (χ1v) is 8.25. The molecule has 1 aromatic carbocycles. The lowest BCUT2D eigenvalue weighted by Crippen LogP contribution is -2.49. The number of hydrogen-bond acceptors (Lipinski definition) is 6. The quantitative estimate of drug-likeness (QED) is 0.625. The fourth-order valence-corrected chi connectivity index (χ4v) is 3.03. The van der Waals surface area contributed by atoms with Gasteiger partial charge < -0.3 is 21.3 Å². The summed E-state index contributed by atoms with van der Waals surface area (Å²) in [6.07, 6.45) is 4.84. The Kier molecular flexibility index (Phi) is 4.73. The third kappa shape index (κ3) is 3.80. The van der Waals surface area contributed by atoms with Crippen molar-refractivity contribution >= 4 is 11.7 Å². The molecule has 3 rings (SSSR count). The number of rotatable bonds is 3. The topological polar surface area (TPSA) is 109 Å². The van der Waals surface area contributed by atoms with Crippen molar-refractivity contribution < 1.29 is 9.18 Å². The third-order valence-electron chi connectivity index (χ3n) is 4.57. The molecule has 25 heavy (non-hydrogen) atoms. The van der Waals surface area contributed by atoms with Gasteiger partial charge >= 0.3 is 0 Å². The van der Waals surface area contributed by atoms with Crippen molar-refractivity contribution in [3.05, 3.63) is 47.4 Å². The summed E-state index contributed by atoms with van der Waals surface area (Å²) < 4.78 is 14.5. The van der Waals surface area contributed by atoms with Crippen LogP contribution >= 0.6 is 0 Å². The number of benzene rings is 1. The number of piperidine rings is 1. The Morgan fingerprint density at radius 3 is 2.80 bits per heavy atom. The zero-order chi connectivity index (χ0) is 18.0. The first-order valence-electron chi connectivity index (χ1n) is 8.25. The van der Waals surface area contributed by atoms with E-state index in [1.165, 1.54) is 12.1 Å². The molecule has 2 aliphatic heterocycles. The number of halogens is 1. The van der Waals surface area contributed by atoms with E-state index in [0.29, 0.717) is 5.56 Å². The van der Waals surface area contributed by atoms with Crippen LogP contribution in [0.15, 0.2) is 35.5 Å². The Morgan fingerprint density at radius 2 is 2.16 bits per heavy atom. The molecule has 0 aromatic heterocycles. The number of carbonyl (C=O) groups excluding carboxylic acids is 1. The number of amides is 1. The summed E-state index contributed by atoms with van der Waals surface area (Å²) in [5.41, 5.74) is 12.2. The van der Waals surface area contributed by atoms with Crippen LogP contribution < -0.4 is 22.1 Å². The summed E-state index contributed by atoms with van der Waals surface area (Å²) in [7, 11) is 2.04. The van der Waals surface area contributed by atoms with E-state index in [-0.39, 0.29) is 17.4 Å². The molecule has 1 fully saturated rings. The second kappa shape index (κ2) is 6.81. The molecular formula is C17H23FN6O. The van der Waals surface area contributed by atoms with Gasteiger partial charge in [0.25, 0.3) is 5.91 Å². The molecule has 0 saturated carbocycles. The van der Waals surface area contributed by atoms with Gasteiger partial charge in [-0.3, -0.25) is 10.5 Å². The molecule has 8 heteroatoms. The number of carbonyl (C=O) groups is 1. The minimum absolute atomic E-state index is 0.00502. The van der Waals surface area contributed by atoms with Crippen LogP contribution in [0.2, 0.25) is 0 Å². The standard InChI is InChI=1S/C17H23FN6O/c1-24-8-5-12(6-9-24)22-16(25)13-3-2-11(10-14(13)18)17(20)21-7-4-15(19)23-17/h2-4,7,10,12,21H,5-6,8-9,20H2,1H3,(H2,19,23)(H,22,25). The van der Waals surface area contributed by atoms with E-state index < -0.39 is 17.5 Å². The van der Waals surface area contributed by atoms with Crippen molar-refractivity contribution in [1.82, 2.24) is 15.5 Å². The van der Waals surface area contributed by atoms with Crippen LogP contribution in [-0.2, 0) is 5.79 Å². The first-order chi connectivity index (χ1) is 11.9. The molecule has 0 radical (unpaired) electrons. The van der Waals surface area contributed by atoms with Gasteiger partial charge in [-0.15, -0.1) is 0 Å². The molecule has 0 aliphatic carbocycles. The molecule has 6 N–H and O–H groups in total. The van der Waals surface area contributed by atoms with E-state index in [4.69, 9.17) is 11.5 Å². The molecule has 1 saturated heterocycles. The highest BCUT2D eigenvalue weighted by atomic mass is 19.1. The third-order valence-corrected chi connectivity index (χ3v) is 4.57. The number of hydrogen-bond donors (Lipinski definition) is 4. The summed E-state index contributed by atoms with van der Waals surface area (Å²) in [6.45, 7) is 1.83. The van der Waals surface area contributed by atoms with Gasteiger partial charge in [-0.05, 0) is 51.2 Å². The van der Waals surface area contributed by atoms with Crippen LogP contribution in [0.3, 0.4) is 0 Å². The van der Waals surface area contributed by atoms with Crippen molar-refractivity contribution in [3.8, 4) is 0 Å². The lowest BCUT2D eigenvalue weighted by molar-refractivity contribution is 0.0912. The van der Waals surface area contributed by atoms with Crippen LogP contribution in [0.5, 0.6) is 0 Å². The minimum atomic E-state index is -1.34. The Morgan fingerprint density at radius 1 is 1.44 bits per heavy atom. The van der Waals surface area contributed by atoms with Crippen LogP contribution in [0.1, 0.15) is 28.8 Å². The van der Waals surface area contributed by atoms with Crippen molar-refractivity contribution in [1.29, 1.82) is 0 Å². The SMILES string of the molecule is CN1CCC(NC(=O)c2ccc(C3(N)N=C(N)C=CN3)cc2F)CC1. The van der Waals surface area contributed by atoms with E-state index >= 15 is 0 Å². The van der Waals surface area contributed by atoms with Gasteiger partial charge in [0.2, 0.25) is 5.79 Å². The van der Waals surface area contributed by atoms with Crippen LogP contribution in [0.4, 0.5) is 4.39 Å². The summed E-state index contributed by atoms with van der Waals surface area (Å²) in [5, 5.41) is 5.75. The fourth-order valence-electron chi connectivity index (χ4n) is 3.03. The van der Waals surface area contributed by atoms with Crippen molar-refractivity contribution in [2.75, 3.05) is 20.1 Å². The maximum absolute atomic E-state index is 14.5. The zero-order valence-corrected chi connectivity index (χ0v) is 14.1. The normalized spacial score (nSPS) is 24.5. The van der Waals surface area contributed by atoms with Crippen LogP contribution in [0.25, 0.3) is 0 Å². The highest BCUT2D eigenvalue weighted by Gasteiger charge is 2.29. The summed E-state index contributed by atoms with van der Waals surface area (Å²) in [5.74, 6) is -2.16. The fraction of sp³-hybridized carbons (Fsp3) is 0.412. The maximum atomic E-state index is 14.5. The molecule has 2 aliphatic rings. The van der Waals surface area contributed by atoms with Crippen molar-refractivity contribution in [3.63, 3.8) is 0 Å². The molecule has 134 valence electrons. The predicted octanol–water partition coefficient (Wildman–Crippen LogP) is 0.193. The van der Waals surface area contributed by atoms with E-state index in [0.717, 1.165) is 25.9 Å². The molecular weight excluding hydrogens is 323 g/mol. The van der Waals surface area contributed by atoms with Gasteiger partial charge in [0, 0.05) is 17.8 Å². The van der Waals surface area contributed by atoms with Gasteiger partial charge in [0.1, 0.15) is 11.7 Å². The molecule has 7 nitrogen and oxygen atoms in total. The second-order valence-electron chi connectivity index (χ2n) is 6.53. The minimum Gasteiger partial charge on any atom is -0.384 e. The van der Waals surface area contributed by atoms with E-state index in [9.17, 15) is 9.18 Å². The largest absolute Gasteiger partial charge is 0.384 e. The summed E-state index contributed by atoms with van der Waals surface area (Å²) in [4.78, 5) is 18.7. The molecule has 2 heterocycles. The molecule has 1 unspecified atom stereocenters. The lowest BCUT2D eigenvalue weighted by atomic mass is 10.0. The van der Waals surface area contributed by atoms with Crippen molar-refractivity contribution in [2.24, 2.45) is 16.5 Å². The number of nitrogens with zero attached hydrogens (tertiary/aromatic N) is 2. The summed E-state index contributed by atoms with van der Waals surface area (Å²) in [6, 6.07) is 4.29. The zero-order valence-electron chi connectivity index (χ0n) is 14.1. The second-order valence-corrected chi connectivity index (χ2v) is 6.53. The summed E-state index contributed by atoms with van der Waals surface area (Å²) >= 11 is 0. The van der Waals surface area contributed by atoms with Gasteiger partial charge in [0.05, 0.1) is 5.56 Å². The molecule has 1 atom stereocenters. The predicted molar refractivity (Wildman–Crippen MR) is 94.1 cm³/mol. The highest BCUT2D eigenvalue weighted by Crippen LogP contribution is 2.22.